The lowest BCUT2D eigenvalue weighted by Crippen LogP contribution is -2.39. The summed E-state index contributed by atoms with van der Waals surface area (Å²) < 4.78 is 10.9. The molecule has 1 saturated heterocycles. The van der Waals surface area contributed by atoms with Gasteiger partial charge in [0.15, 0.2) is 5.82 Å². The SMILES string of the molecule is c1cc(Cc2noc(CC3CNCCO3)n2)ccn1. The zero-order chi connectivity index (χ0) is 12.9. The van der Waals surface area contributed by atoms with Crippen molar-refractivity contribution in [2.75, 3.05) is 19.7 Å². The van der Waals surface area contributed by atoms with Gasteiger partial charge in [0.05, 0.1) is 19.1 Å². The highest BCUT2D eigenvalue weighted by molar-refractivity contribution is 5.14. The largest absolute Gasteiger partial charge is 0.375 e. The topological polar surface area (TPSA) is 73.1 Å². The van der Waals surface area contributed by atoms with Crippen LogP contribution in [0.3, 0.4) is 0 Å². The number of hydrogen-bond donors (Lipinski definition) is 1. The number of nitrogens with one attached hydrogen (secondary N) is 1. The van der Waals surface area contributed by atoms with Crippen molar-refractivity contribution in [1.29, 1.82) is 0 Å². The van der Waals surface area contributed by atoms with Gasteiger partial charge < -0.3 is 14.6 Å². The molecule has 2 aromatic rings. The Hall–Kier alpha value is -1.79. The summed E-state index contributed by atoms with van der Waals surface area (Å²) in [6.45, 7) is 2.48. The standard InChI is InChI=1S/C13H16N4O2/c1-3-14-4-2-10(1)7-12-16-13(19-17-12)8-11-9-15-5-6-18-11/h1-4,11,15H,5-9H2. The first kappa shape index (κ1) is 12.3. The molecule has 0 bridgehead atoms. The number of aromatic nitrogens is 3. The molecule has 1 N–H and O–H groups in total. The fourth-order valence-corrected chi connectivity index (χ4v) is 2.07. The fraction of sp³-hybridized carbons (Fsp3) is 0.462. The maximum Gasteiger partial charge on any atom is 0.229 e. The minimum atomic E-state index is 0.128. The molecule has 0 spiro atoms. The van der Waals surface area contributed by atoms with Crippen molar-refractivity contribution in [3.8, 4) is 0 Å². The van der Waals surface area contributed by atoms with Gasteiger partial charge in [-0.2, -0.15) is 4.98 Å². The highest BCUT2D eigenvalue weighted by Gasteiger charge is 2.17. The van der Waals surface area contributed by atoms with E-state index in [1.165, 1.54) is 0 Å². The Morgan fingerprint density at radius 1 is 1.32 bits per heavy atom. The van der Waals surface area contributed by atoms with Gasteiger partial charge in [-0.1, -0.05) is 5.16 Å². The summed E-state index contributed by atoms with van der Waals surface area (Å²) >= 11 is 0. The number of rotatable bonds is 4. The average Bonchev–Trinajstić information content (AvgIpc) is 2.88. The second kappa shape index (κ2) is 5.90. The van der Waals surface area contributed by atoms with Crippen LogP contribution in [-0.4, -0.2) is 40.9 Å². The third-order valence-electron chi connectivity index (χ3n) is 3.03. The molecule has 3 rings (SSSR count). The lowest BCUT2D eigenvalue weighted by atomic mass is 10.2. The summed E-state index contributed by atoms with van der Waals surface area (Å²) in [6.07, 6.45) is 4.98. The van der Waals surface area contributed by atoms with Crippen molar-refractivity contribution in [3.05, 3.63) is 41.8 Å². The molecule has 0 aromatic carbocycles. The average molecular weight is 260 g/mol. The van der Waals surface area contributed by atoms with Crippen LogP contribution in [0.25, 0.3) is 0 Å². The van der Waals surface area contributed by atoms with Crippen LogP contribution in [-0.2, 0) is 17.6 Å². The van der Waals surface area contributed by atoms with E-state index in [0.29, 0.717) is 24.6 Å². The number of hydrogen-bond acceptors (Lipinski definition) is 6. The van der Waals surface area contributed by atoms with Crippen LogP contribution in [0.4, 0.5) is 0 Å². The van der Waals surface area contributed by atoms with Gasteiger partial charge in [0.1, 0.15) is 0 Å². The van der Waals surface area contributed by atoms with Crippen LogP contribution >= 0.6 is 0 Å². The number of nitrogens with zero attached hydrogens (tertiary/aromatic N) is 3. The number of pyridine rings is 1. The van der Waals surface area contributed by atoms with Gasteiger partial charge >= 0.3 is 0 Å². The normalized spacial score (nSPS) is 19.5. The highest BCUT2D eigenvalue weighted by atomic mass is 16.5. The van der Waals surface area contributed by atoms with Gasteiger partial charge in [-0.25, -0.2) is 0 Å². The van der Waals surface area contributed by atoms with Crippen molar-refractivity contribution in [3.63, 3.8) is 0 Å². The molecule has 0 aliphatic carbocycles. The summed E-state index contributed by atoms with van der Waals surface area (Å²) in [7, 11) is 0. The molecular weight excluding hydrogens is 244 g/mol. The lowest BCUT2D eigenvalue weighted by Gasteiger charge is -2.21. The summed E-state index contributed by atoms with van der Waals surface area (Å²) in [5.74, 6) is 1.34. The van der Waals surface area contributed by atoms with Gasteiger partial charge in [0.25, 0.3) is 0 Å². The molecule has 1 unspecified atom stereocenters. The zero-order valence-electron chi connectivity index (χ0n) is 10.6. The molecule has 100 valence electrons. The van der Waals surface area contributed by atoms with E-state index in [4.69, 9.17) is 9.26 Å². The summed E-state index contributed by atoms with van der Waals surface area (Å²) in [6, 6.07) is 3.90. The predicted octanol–water partition coefficient (Wildman–Crippen LogP) is 0.586. The van der Waals surface area contributed by atoms with Gasteiger partial charge in [-0.05, 0) is 17.7 Å². The van der Waals surface area contributed by atoms with E-state index >= 15 is 0 Å². The van der Waals surface area contributed by atoms with Crippen molar-refractivity contribution in [1.82, 2.24) is 20.4 Å². The maximum absolute atomic E-state index is 5.61. The van der Waals surface area contributed by atoms with Gasteiger partial charge in [-0.15, -0.1) is 0 Å². The summed E-state index contributed by atoms with van der Waals surface area (Å²) in [5.41, 5.74) is 1.12. The molecule has 2 aromatic heterocycles. The van der Waals surface area contributed by atoms with E-state index in [2.05, 4.69) is 20.4 Å². The molecule has 1 fully saturated rings. The zero-order valence-corrected chi connectivity index (χ0v) is 10.6. The smallest absolute Gasteiger partial charge is 0.229 e. The van der Waals surface area contributed by atoms with E-state index in [0.717, 1.165) is 25.3 Å². The minimum absolute atomic E-state index is 0.128. The first-order chi connectivity index (χ1) is 9.40. The third kappa shape index (κ3) is 3.36. The van der Waals surface area contributed by atoms with E-state index < -0.39 is 0 Å². The maximum atomic E-state index is 5.61. The molecule has 0 saturated carbocycles. The molecule has 6 heteroatoms. The van der Waals surface area contributed by atoms with Crippen LogP contribution in [0.15, 0.2) is 29.0 Å². The van der Waals surface area contributed by atoms with Crippen LogP contribution in [0.1, 0.15) is 17.3 Å². The van der Waals surface area contributed by atoms with Crippen molar-refractivity contribution < 1.29 is 9.26 Å². The molecule has 19 heavy (non-hydrogen) atoms. The second-order valence-electron chi connectivity index (χ2n) is 4.54. The predicted molar refractivity (Wildman–Crippen MR) is 67.7 cm³/mol. The minimum Gasteiger partial charge on any atom is -0.375 e. The number of ether oxygens (including phenoxy) is 1. The Bertz CT molecular complexity index is 508. The molecule has 6 nitrogen and oxygen atoms in total. The molecule has 1 atom stereocenters. The van der Waals surface area contributed by atoms with E-state index in [1.54, 1.807) is 12.4 Å². The first-order valence-corrected chi connectivity index (χ1v) is 6.43. The lowest BCUT2D eigenvalue weighted by molar-refractivity contribution is 0.0246. The molecule has 3 heterocycles. The van der Waals surface area contributed by atoms with Crippen LogP contribution in [0.5, 0.6) is 0 Å². The molecule has 0 radical (unpaired) electrons. The molecule has 1 aliphatic rings. The van der Waals surface area contributed by atoms with Gasteiger partial charge in [-0.3, -0.25) is 4.98 Å². The monoisotopic (exact) mass is 260 g/mol. The third-order valence-corrected chi connectivity index (χ3v) is 3.03. The molecule has 1 aliphatic heterocycles. The van der Waals surface area contributed by atoms with Crippen molar-refractivity contribution in [2.24, 2.45) is 0 Å². The van der Waals surface area contributed by atoms with Crippen LogP contribution < -0.4 is 5.32 Å². The highest BCUT2D eigenvalue weighted by Crippen LogP contribution is 2.09. The molecule has 0 amide bonds. The Morgan fingerprint density at radius 3 is 3.00 bits per heavy atom. The fourth-order valence-electron chi connectivity index (χ4n) is 2.07. The molecular formula is C13H16N4O2. The quantitative estimate of drug-likeness (QED) is 0.867. The van der Waals surface area contributed by atoms with Crippen LogP contribution in [0.2, 0.25) is 0 Å². The van der Waals surface area contributed by atoms with E-state index in [9.17, 15) is 0 Å². The Morgan fingerprint density at radius 2 is 2.21 bits per heavy atom. The Labute approximate surface area is 111 Å². The van der Waals surface area contributed by atoms with E-state index in [-0.39, 0.29) is 6.10 Å². The van der Waals surface area contributed by atoms with Crippen LogP contribution in [0, 0.1) is 0 Å². The Kier molecular flexibility index (Phi) is 3.81. The number of morpholine rings is 1. The van der Waals surface area contributed by atoms with Gasteiger partial charge in [0.2, 0.25) is 5.89 Å². The first-order valence-electron chi connectivity index (χ1n) is 6.43. The van der Waals surface area contributed by atoms with E-state index in [1.807, 2.05) is 12.1 Å². The van der Waals surface area contributed by atoms with Crippen molar-refractivity contribution in [2.45, 2.75) is 18.9 Å². The summed E-state index contributed by atoms with van der Waals surface area (Å²) in [4.78, 5) is 8.38. The summed E-state index contributed by atoms with van der Waals surface area (Å²) in [5, 5.41) is 7.27. The second-order valence-corrected chi connectivity index (χ2v) is 4.54. The van der Waals surface area contributed by atoms with Gasteiger partial charge in [0, 0.05) is 31.9 Å². The van der Waals surface area contributed by atoms with Crippen molar-refractivity contribution >= 4 is 0 Å². The Balaban J connectivity index is 1.59.